The fraction of sp³-hybridized carbons (Fsp3) is 0.0500. The van der Waals surface area contributed by atoms with Gasteiger partial charge in [0.15, 0.2) is 5.75 Å². The monoisotopic (exact) mass is 370 g/mol. The topological polar surface area (TPSA) is 46.5 Å². The Bertz CT molecular complexity index is 998. The van der Waals surface area contributed by atoms with E-state index in [4.69, 9.17) is 27.9 Å². The molecule has 0 saturated carbocycles. The second-order valence-electron chi connectivity index (χ2n) is 5.74. The first-order chi connectivity index (χ1) is 12.1. The Hall–Kier alpha value is -2.49. The molecule has 0 spiro atoms. The smallest absolute Gasteiger partial charge is 0.337 e. The van der Waals surface area contributed by atoms with E-state index in [1.165, 1.54) is 0 Å². The molecule has 0 fully saturated rings. The summed E-state index contributed by atoms with van der Waals surface area (Å²) in [6.07, 6.45) is 0.521. The van der Waals surface area contributed by atoms with Gasteiger partial charge in [-0.1, -0.05) is 71.7 Å². The number of fused-ring (bicyclic) bond motifs is 2. The highest BCUT2D eigenvalue weighted by atomic mass is 35.5. The van der Waals surface area contributed by atoms with Crippen LogP contribution in [-0.4, -0.2) is 11.1 Å². The number of para-hydroxylation sites is 1. The van der Waals surface area contributed by atoms with Gasteiger partial charge >= 0.3 is 5.97 Å². The Morgan fingerprint density at radius 1 is 0.960 bits per heavy atom. The predicted molar refractivity (Wildman–Crippen MR) is 98.2 cm³/mol. The Morgan fingerprint density at radius 2 is 1.64 bits per heavy atom. The minimum absolute atomic E-state index is 0.000372. The number of rotatable bonds is 2. The van der Waals surface area contributed by atoms with Crippen LogP contribution >= 0.6 is 23.2 Å². The maximum absolute atomic E-state index is 11.9. The molecule has 3 nitrogen and oxygen atoms in total. The van der Waals surface area contributed by atoms with E-state index in [2.05, 4.69) is 0 Å². The summed E-state index contributed by atoms with van der Waals surface area (Å²) >= 11 is 12.7. The molecule has 124 valence electrons. The van der Waals surface area contributed by atoms with Crippen LogP contribution in [0.4, 0.5) is 0 Å². The molecule has 5 heteroatoms. The van der Waals surface area contributed by atoms with Crippen LogP contribution in [0, 0.1) is 0 Å². The number of aromatic carboxylic acids is 1. The molecule has 0 amide bonds. The molecule has 25 heavy (non-hydrogen) atoms. The summed E-state index contributed by atoms with van der Waals surface area (Å²) in [7, 11) is 0. The summed E-state index contributed by atoms with van der Waals surface area (Å²) in [5, 5.41) is 9.86. The highest BCUT2D eigenvalue weighted by Gasteiger charge is 2.31. The fourth-order valence-corrected chi connectivity index (χ4v) is 3.67. The average molecular weight is 371 g/mol. The lowest BCUT2D eigenvalue weighted by Gasteiger charge is -2.26. The lowest BCUT2D eigenvalue weighted by Crippen LogP contribution is -2.11. The van der Waals surface area contributed by atoms with Gasteiger partial charge in [0.05, 0.1) is 10.6 Å². The van der Waals surface area contributed by atoms with Gasteiger partial charge in [-0.2, -0.15) is 0 Å². The highest BCUT2D eigenvalue weighted by Crippen LogP contribution is 2.50. The molecule has 3 aromatic rings. The standard InChI is InChI=1S/C20H12Cl2O3/c21-17-16(20(23)24)15(11-6-2-1-3-7-11)13-10-12-8-4-5-9-14(12)25-19(13)18(17)22/h1-9H,10H2,(H,23,24). The fourth-order valence-electron chi connectivity index (χ4n) is 3.17. The summed E-state index contributed by atoms with van der Waals surface area (Å²) in [4.78, 5) is 11.9. The van der Waals surface area contributed by atoms with Crippen LogP contribution < -0.4 is 4.74 Å². The molecule has 1 aliphatic heterocycles. The Balaban J connectivity index is 2.07. The zero-order chi connectivity index (χ0) is 17.6. The molecule has 0 radical (unpaired) electrons. The molecule has 0 atom stereocenters. The van der Waals surface area contributed by atoms with Crippen molar-refractivity contribution >= 4 is 29.2 Å². The van der Waals surface area contributed by atoms with Crippen molar-refractivity contribution in [2.45, 2.75) is 6.42 Å². The lowest BCUT2D eigenvalue weighted by molar-refractivity contribution is 0.0698. The number of carboxylic acids is 1. The van der Waals surface area contributed by atoms with Gasteiger partial charge < -0.3 is 9.84 Å². The van der Waals surface area contributed by atoms with Gasteiger partial charge in [0, 0.05) is 17.5 Å². The SMILES string of the molecule is O=C(O)c1c(Cl)c(Cl)c2c(c1-c1ccccc1)Cc1ccccc1O2. The lowest BCUT2D eigenvalue weighted by atomic mass is 9.88. The maximum Gasteiger partial charge on any atom is 0.337 e. The van der Waals surface area contributed by atoms with Crippen molar-refractivity contribution < 1.29 is 14.6 Å². The number of benzene rings is 3. The molecule has 0 unspecified atom stereocenters. The van der Waals surface area contributed by atoms with Gasteiger partial charge in [0.2, 0.25) is 0 Å². The van der Waals surface area contributed by atoms with E-state index in [9.17, 15) is 9.90 Å². The zero-order valence-electron chi connectivity index (χ0n) is 12.9. The normalized spacial score (nSPS) is 12.1. The molecule has 0 bridgehead atoms. The second kappa shape index (κ2) is 6.10. The summed E-state index contributed by atoms with van der Waals surface area (Å²) in [5.41, 5.74) is 3.02. The molecule has 0 aliphatic carbocycles. The second-order valence-corrected chi connectivity index (χ2v) is 6.50. The van der Waals surface area contributed by atoms with Gasteiger partial charge in [-0.15, -0.1) is 0 Å². The minimum atomic E-state index is -1.12. The van der Waals surface area contributed by atoms with Crippen molar-refractivity contribution in [3.05, 3.63) is 81.3 Å². The molecule has 0 saturated heterocycles. The van der Waals surface area contributed by atoms with Crippen LogP contribution in [0.15, 0.2) is 54.6 Å². The summed E-state index contributed by atoms with van der Waals surface area (Å²) in [5.74, 6) is 0.0108. The van der Waals surface area contributed by atoms with Crippen molar-refractivity contribution in [2.75, 3.05) is 0 Å². The summed E-state index contributed by atoms with van der Waals surface area (Å²) in [6.45, 7) is 0. The quantitative estimate of drug-likeness (QED) is 0.466. The molecule has 4 rings (SSSR count). The molecular weight excluding hydrogens is 359 g/mol. The highest BCUT2D eigenvalue weighted by molar-refractivity contribution is 6.45. The Morgan fingerprint density at radius 3 is 2.36 bits per heavy atom. The largest absolute Gasteiger partial charge is 0.478 e. The third kappa shape index (κ3) is 2.56. The molecule has 1 N–H and O–H groups in total. The van der Waals surface area contributed by atoms with Gasteiger partial charge in [0.1, 0.15) is 10.8 Å². The van der Waals surface area contributed by atoms with E-state index in [0.29, 0.717) is 23.5 Å². The van der Waals surface area contributed by atoms with Gasteiger partial charge in [-0.25, -0.2) is 4.79 Å². The van der Waals surface area contributed by atoms with Crippen molar-refractivity contribution in [3.63, 3.8) is 0 Å². The third-order valence-corrected chi connectivity index (χ3v) is 5.10. The first-order valence-electron chi connectivity index (χ1n) is 7.66. The first kappa shape index (κ1) is 16.0. The van der Waals surface area contributed by atoms with E-state index >= 15 is 0 Å². The first-order valence-corrected chi connectivity index (χ1v) is 8.42. The summed E-state index contributed by atoms with van der Waals surface area (Å²) < 4.78 is 5.98. The maximum atomic E-state index is 11.9. The molecule has 3 aromatic carbocycles. The number of carboxylic acid groups (broad SMARTS) is 1. The van der Waals surface area contributed by atoms with Gasteiger partial charge in [0.25, 0.3) is 0 Å². The average Bonchev–Trinajstić information content (AvgIpc) is 2.63. The molecule has 1 aliphatic rings. The molecular formula is C20H12Cl2O3. The van der Waals surface area contributed by atoms with E-state index in [-0.39, 0.29) is 15.6 Å². The zero-order valence-corrected chi connectivity index (χ0v) is 14.4. The Labute approximate surface area is 154 Å². The summed E-state index contributed by atoms with van der Waals surface area (Å²) in [6, 6.07) is 16.9. The minimum Gasteiger partial charge on any atom is -0.478 e. The number of hydrogen-bond acceptors (Lipinski definition) is 2. The van der Waals surface area contributed by atoms with Gasteiger partial charge in [-0.3, -0.25) is 0 Å². The van der Waals surface area contributed by atoms with Crippen LogP contribution in [0.2, 0.25) is 10.0 Å². The molecule has 1 heterocycles. The van der Waals surface area contributed by atoms with Crippen LogP contribution in [-0.2, 0) is 6.42 Å². The van der Waals surface area contributed by atoms with Crippen LogP contribution in [0.3, 0.4) is 0 Å². The van der Waals surface area contributed by atoms with E-state index in [1.54, 1.807) is 0 Å². The van der Waals surface area contributed by atoms with Crippen molar-refractivity contribution in [3.8, 4) is 22.6 Å². The van der Waals surface area contributed by atoms with Crippen LogP contribution in [0.1, 0.15) is 21.5 Å². The van der Waals surface area contributed by atoms with Crippen LogP contribution in [0.25, 0.3) is 11.1 Å². The van der Waals surface area contributed by atoms with Crippen LogP contribution in [0.5, 0.6) is 11.5 Å². The van der Waals surface area contributed by atoms with Crippen molar-refractivity contribution in [2.24, 2.45) is 0 Å². The van der Waals surface area contributed by atoms with Crippen molar-refractivity contribution in [1.29, 1.82) is 0 Å². The van der Waals surface area contributed by atoms with Crippen molar-refractivity contribution in [1.82, 2.24) is 0 Å². The number of halogens is 2. The van der Waals surface area contributed by atoms with E-state index in [1.807, 2.05) is 54.6 Å². The number of ether oxygens (including phenoxy) is 1. The molecule has 0 aromatic heterocycles. The van der Waals surface area contributed by atoms with Gasteiger partial charge in [-0.05, 0) is 17.2 Å². The van der Waals surface area contributed by atoms with E-state index < -0.39 is 5.97 Å². The number of hydrogen-bond donors (Lipinski definition) is 1. The predicted octanol–water partition coefficient (Wildman–Crippen LogP) is 6.06. The van der Waals surface area contributed by atoms with E-state index in [0.717, 1.165) is 16.7 Å². The third-order valence-electron chi connectivity index (χ3n) is 4.27. The number of carbonyl (C=O) groups is 1. The Kier molecular flexibility index (Phi) is 3.91.